The molecule has 164 valence electrons. The molecule has 3 aromatic rings. The largest absolute Gasteiger partial charge is 0.496 e. The van der Waals surface area contributed by atoms with Crippen LogP contribution in [0.5, 0.6) is 5.75 Å². The molecule has 7 heteroatoms. The maximum Gasteiger partial charge on any atom is 0.237 e. The Morgan fingerprint density at radius 3 is 2.66 bits per heavy atom. The minimum atomic E-state index is -1.05. The van der Waals surface area contributed by atoms with Gasteiger partial charge in [-0.05, 0) is 66.6 Å². The molecule has 2 N–H and O–H groups in total. The van der Waals surface area contributed by atoms with E-state index in [4.69, 9.17) is 27.9 Å². The van der Waals surface area contributed by atoms with E-state index >= 15 is 0 Å². The summed E-state index contributed by atoms with van der Waals surface area (Å²) in [5, 5.41) is 7.67. The van der Waals surface area contributed by atoms with Gasteiger partial charge in [0.1, 0.15) is 17.0 Å². The van der Waals surface area contributed by atoms with E-state index in [1.54, 1.807) is 25.3 Å². The number of fused-ring (bicyclic) bond motifs is 2. The van der Waals surface area contributed by atoms with Crippen LogP contribution < -0.4 is 15.4 Å². The molecule has 5 rings (SSSR count). The average Bonchev–Trinajstić information content (AvgIpc) is 3.05. The normalized spacial score (nSPS) is 24.3. The first kappa shape index (κ1) is 21.3. The number of hydrogen-bond donors (Lipinski definition) is 2. The number of rotatable bonds is 3. The summed E-state index contributed by atoms with van der Waals surface area (Å²) < 4.78 is 20.0. The number of anilines is 1. The topological polar surface area (TPSA) is 50.4 Å². The van der Waals surface area contributed by atoms with Gasteiger partial charge in [-0.15, -0.1) is 0 Å². The smallest absolute Gasteiger partial charge is 0.237 e. The third kappa shape index (κ3) is 3.19. The Morgan fingerprint density at radius 2 is 1.88 bits per heavy atom. The summed E-state index contributed by atoms with van der Waals surface area (Å²) in [4.78, 5) is 13.9. The van der Waals surface area contributed by atoms with Gasteiger partial charge >= 0.3 is 0 Å². The van der Waals surface area contributed by atoms with Crippen molar-refractivity contribution in [1.82, 2.24) is 5.32 Å². The Kier molecular flexibility index (Phi) is 5.36. The molecule has 0 radical (unpaired) electrons. The quantitative estimate of drug-likeness (QED) is 0.504. The van der Waals surface area contributed by atoms with Crippen LogP contribution in [0.15, 0.2) is 60.7 Å². The van der Waals surface area contributed by atoms with Crippen LogP contribution in [0.3, 0.4) is 0 Å². The third-order valence-corrected chi connectivity index (χ3v) is 7.06. The van der Waals surface area contributed by atoms with E-state index in [0.717, 1.165) is 11.1 Å². The van der Waals surface area contributed by atoms with Crippen molar-refractivity contribution in [3.05, 3.63) is 93.2 Å². The van der Waals surface area contributed by atoms with Crippen molar-refractivity contribution in [3.63, 3.8) is 0 Å². The van der Waals surface area contributed by atoms with Crippen LogP contribution in [0.25, 0.3) is 0 Å². The Hall–Kier alpha value is -2.60. The van der Waals surface area contributed by atoms with Gasteiger partial charge in [0.25, 0.3) is 0 Å². The van der Waals surface area contributed by atoms with E-state index in [2.05, 4.69) is 10.6 Å². The van der Waals surface area contributed by atoms with E-state index < -0.39 is 17.3 Å². The fraction of sp³-hybridized carbons (Fsp3) is 0.240. The highest BCUT2D eigenvalue weighted by Gasteiger charge is 2.60. The Morgan fingerprint density at radius 1 is 1.06 bits per heavy atom. The van der Waals surface area contributed by atoms with Gasteiger partial charge in [0.2, 0.25) is 5.91 Å². The summed E-state index contributed by atoms with van der Waals surface area (Å²) >= 11 is 12.6. The first-order valence-corrected chi connectivity index (χ1v) is 11.1. The predicted octanol–water partition coefficient (Wildman–Crippen LogP) is 5.85. The van der Waals surface area contributed by atoms with Gasteiger partial charge in [0.05, 0.1) is 13.2 Å². The number of ether oxygens (including phenoxy) is 1. The standard InChI is InChI=1S/C25H21Cl2FN2O2/c1-32-22-8-6-17(28)13-18(22)23-25(20-7-5-16(27)12-21(20)30-24(25)31)19(9-10-29-23)14-3-2-4-15(26)11-14/h2-8,11-13,19,23,29H,9-10H2,1H3,(H,30,31)/t19-,23+,25+/m0/s1. The van der Waals surface area contributed by atoms with Crippen molar-refractivity contribution < 1.29 is 13.9 Å². The van der Waals surface area contributed by atoms with Gasteiger partial charge in [-0.1, -0.05) is 41.4 Å². The lowest BCUT2D eigenvalue weighted by Gasteiger charge is -2.47. The molecule has 0 aromatic heterocycles. The van der Waals surface area contributed by atoms with Gasteiger partial charge in [0.15, 0.2) is 0 Å². The molecule has 0 aliphatic carbocycles. The minimum absolute atomic E-state index is 0.164. The second-order valence-electron chi connectivity index (χ2n) is 8.18. The zero-order valence-electron chi connectivity index (χ0n) is 17.3. The van der Waals surface area contributed by atoms with Crippen molar-refractivity contribution >= 4 is 34.8 Å². The molecule has 0 saturated carbocycles. The van der Waals surface area contributed by atoms with Crippen LogP contribution in [-0.2, 0) is 10.2 Å². The Bertz CT molecular complexity index is 1220. The summed E-state index contributed by atoms with van der Waals surface area (Å²) in [6, 6.07) is 16.9. The molecular formula is C25H21Cl2FN2O2. The zero-order chi connectivity index (χ0) is 22.5. The lowest BCUT2D eigenvalue weighted by molar-refractivity contribution is -0.123. The number of carbonyl (C=O) groups excluding carboxylic acids is 1. The van der Waals surface area contributed by atoms with Gasteiger partial charge in [-0.25, -0.2) is 4.39 Å². The molecule has 4 nitrogen and oxygen atoms in total. The van der Waals surface area contributed by atoms with Crippen LogP contribution in [0.1, 0.15) is 35.1 Å². The van der Waals surface area contributed by atoms with Gasteiger partial charge in [-0.3, -0.25) is 4.79 Å². The van der Waals surface area contributed by atoms with Gasteiger partial charge in [-0.2, -0.15) is 0 Å². The first-order valence-electron chi connectivity index (χ1n) is 10.4. The highest BCUT2D eigenvalue weighted by atomic mass is 35.5. The first-order chi connectivity index (χ1) is 15.4. The van der Waals surface area contributed by atoms with Crippen LogP contribution in [0.4, 0.5) is 10.1 Å². The Balaban J connectivity index is 1.80. The SMILES string of the molecule is COc1ccc(F)cc1[C@H]1NCC[C@@H](c2cccc(Cl)c2)[C@]12C(=O)Nc1cc(Cl)ccc12. The maximum atomic E-state index is 14.4. The molecule has 0 unspecified atom stereocenters. The second kappa shape index (κ2) is 8.07. The van der Waals surface area contributed by atoms with Crippen molar-refractivity contribution in [2.45, 2.75) is 23.8 Å². The molecular weight excluding hydrogens is 450 g/mol. The van der Waals surface area contributed by atoms with Crippen molar-refractivity contribution in [3.8, 4) is 5.75 Å². The number of piperidine rings is 1. The number of halogens is 3. The van der Waals surface area contributed by atoms with E-state index in [9.17, 15) is 9.18 Å². The van der Waals surface area contributed by atoms with E-state index in [1.165, 1.54) is 12.1 Å². The number of benzene rings is 3. The summed E-state index contributed by atoms with van der Waals surface area (Å²) in [7, 11) is 1.54. The number of amides is 1. The average molecular weight is 471 g/mol. The summed E-state index contributed by atoms with van der Waals surface area (Å²) in [5.74, 6) is -0.242. The molecule has 1 saturated heterocycles. The maximum absolute atomic E-state index is 14.4. The monoisotopic (exact) mass is 470 g/mol. The van der Waals surface area contributed by atoms with Crippen LogP contribution >= 0.6 is 23.2 Å². The molecule has 1 fully saturated rings. The second-order valence-corrected chi connectivity index (χ2v) is 9.06. The van der Waals surface area contributed by atoms with Crippen LogP contribution in [-0.4, -0.2) is 19.6 Å². The van der Waals surface area contributed by atoms with Crippen LogP contribution in [0.2, 0.25) is 10.0 Å². The highest BCUT2D eigenvalue weighted by molar-refractivity contribution is 6.31. The number of carbonyl (C=O) groups is 1. The van der Waals surface area contributed by atoms with Gasteiger partial charge in [0, 0.05) is 27.2 Å². The van der Waals surface area contributed by atoms with E-state index in [-0.39, 0.29) is 11.8 Å². The number of methoxy groups -OCH3 is 1. The molecule has 3 aromatic carbocycles. The molecule has 1 spiro atoms. The predicted molar refractivity (Wildman–Crippen MR) is 124 cm³/mol. The lowest BCUT2D eigenvalue weighted by Crippen LogP contribution is -2.55. The van der Waals surface area contributed by atoms with E-state index in [1.807, 2.05) is 30.3 Å². The Labute approximate surface area is 195 Å². The molecule has 0 bridgehead atoms. The van der Waals surface area contributed by atoms with Crippen molar-refractivity contribution in [2.75, 3.05) is 19.0 Å². The van der Waals surface area contributed by atoms with Crippen molar-refractivity contribution in [2.24, 2.45) is 0 Å². The summed E-state index contributed by atoms with van der Waals surface area (Å²) in [6.07, 6.45) is 0.698. The van der Waals surface area contributed by atoms with Crippen LogP contribution in [0, 0.1) is 5.82 Å². The molecule has 32 heavy (non-hydrogen) atoms. The minimum Gasteiger partial charge on any atom is -0.496 e. The molecule has 3 atom stereocenters. The third-order valence-electron chi connectivity index (χ3n) is 6.59. The molecule has 2 aliphatic heterocycles. The fourth-order valence-corrected chi connectivity index (χ4v) is 5.73. The highest BCUT2D eigenvalue weighted by Crippen LogP contribution is 2.58. The fourth-order valence-electron chi connectivity index (χ4n) is 5.36. The zero-order valence-corrected chi connectivity index (χ0v) is 18.8. The van der Waals surface area contributed by atoms with Crippen molar-refractivity contribution in [1.29, 1.82) is 0 Å². The van der Waals surface area contributed by atoms with E-state index in [0.29, 0.717) is 40.0 Å². The number of nitrogens with one attached hydrogen (secondary N) is 2. The molecule has 1 amide bonds. The van der Waals surface area contributed by atoms with Gasteiger partial charge < -0.3 is 15.4 Å². The number of hydrogen-bond acceptors (Lipinski definition) is 3. The summed E-state index contributed by atoms with van der Waals surface area (Å²) in [5.41, 5.74) is 1.98. The lowest BCUT2D eigenvalue weighted by atomic mass is 9.59. The molecule has 2 heterocycles. The molecule has 2 aliphatic rings. The summed E-state index contributed by atoms with van der Waals surface area (Å²) in [6.45, 7) is 0.638.